The first-order valence-electron chi connectivity index (χ1n) is 7.95. The highest BCUT2D eigenvalue weighted by molar-refractivity contribution is 7.92. The van der Waals surface area contributed by atoms with Gasteiger partial charge in [-0.25, -0.2) is 21.6 Å². The topological polar surface area (TPSA) is 114 Å². The monoisotopic (exact) mass is 422 g/mol. The average Bonchev–Trinajstić information content (AvgIpc) is 2.66. The molecule has 2 aromatic carbocycles. The summed E-state index contributed by atoms with van der Waals surface area (Å²) < 4.78 is 67.1. The normalized spacial score (nSPS) is 11.1. The van der Waals surface area contributed by atoms with Crippen molar-refractivity contribution in [2.24, 2.45) is 0 Å². The third-order valence-corrected chi connectivity index (χ3v) is 5.18. The van der Waals surface area contributed by atoms with Crippen LogP contribution in [0.2, 0.25) is 0 Å². The van der Waals surface area contributed by atoms with Gasteiger partial charge in [-0.15, -0.1) is 0 Å². The van der Waals surface area contributed by atoms with Crippen LogP contribution >= 0.6 is 0 Å². The van der Waals surface area contributed by atoms with Crippen LogP contribution in [0, 0.1) is 17.5 Å². The standard InChI is InChI=1S/C18H13F3N4O3S/c19-13-8-12(9-14(20)17(13)21)24-18(26)10-1-2-15(22)16(7-10)29(27,28)25-11-3-5-23-6-4-11/h1-9H,22H2,(H,23,25)(H,24,26). The molecule has 0 atom stereocenters. The summed E-state index contributed by atoms with van der Waals surface area (Å²) in [6.45, 7) is 0. The van der Waals surface area contributed by atoms with E-state index in [2.05, 4.69) is 15.0 Å². The summed E-state index contributed by atoms with van der Waals surface area (Å²) in [7, 11) is -4.14. The summed E-state index contributed by atoms with van der Waals surface area (Å²) in [5.74, 6) is -5.52. The molecule has 0 bridgehead atoms. The highest BCUT2D eigenvalue weighted by Crippen LogP contribution is 2.24. The first-order chi connectivity index (χ1) is 13.7. The lowest BCUT2D eigenvalue weighted by Crippen LogP contribution is -2.17. The molecule has 0 saturated heterocycles. The van der Waals surface area contributed by atoms with E-state index in [-0.39, 0.29) is 27.5 Å². The van der Waals surface area contributed by atoms with Gasteiger partial charge in [-0.05, 0) is 30.3 Å². The fourth-order valence-electron chi connectivity index (χ4n) is 2.37. The molecule has 0 aliphatic carbocycles. The number of nitrogens with two attached hydrogens (primary N) is 1. The van der Waals surface area contributed by atoms with Crippen LogP contribution in [0.25, 0.3) is 0 Å². The molecule has 11 heteroatoms. The molecule has 7 nitrogen and oxygen atoms in total. The smallest absolute Gasteiger partial charge is 0.263 e. The SMILES string of the molecule is Nc1ccc(C(=O)Nc2cc(F)c(F)c(F)c2)cc1S(=O)(=O)Nc1ccncc1. The van der Waals surface area contributed by atoms with Gasteiger partial charge in [0, 0.05) is 35.8 Å². The van der Waals surface area contributed by atoms with Crippen LogP contribution in [0.15, 0.2) is 59.8 Å². The molecule has 0 saturated carbocycles. The number of hydrogen-bond donors (Lipinski definition) is 3. The Balaban J connectivity index is 1.89. The van der Waals surface area contributed by atoms with Crippen molar-refractivity contribution in [3.8, 4) is 0 Å². The Morgan fingerprint density at radius 1 is 0.931 bits per heavy atom. The highest BCUT2D eigenvalue weighted by atomic mass is 32.2. The number of carbonyl (C=O) groups excluding carboxylic acids is 1. The second-order valence-corrected chi connectivity index (χ2v) is 7.45. The molecule has 0 fully saturated rings. The van der Waals surface area contributed by atoms with Gasteiger partial charge in [-0.2, -0.15) is 0 Å². The van der Waals surface area contributed by atoms with Crippen LogP contribution in [0.4, 0.5) is 30.2 Å². The van der Waals surface area contributed by atoms with E-state index in [0.29, 0.717) is 12.1 Å². The minimum atomic E-state index is -4.14. The van der Waals surface area contributed by atoms with E-state index in [4.69, 9.17) is 5.73 Å². The highest BCUT2D eigenvalue weighted by Gasteiger charge is 2.21. The first-order valence-corrected chi connectivity index (χ1v) is 9.44. The second-order valence-electron chi connectivity index (χ2n) is 5.80. The van der Waals surface area contributed by atoms with Crippen molar-refractivity contribution in [3.05, 3.63) is 77.9 Å². The molecule has 0 spiro atoms. The van der Waals surface area contributed by atoms with Gasteiger partial charge < -0.3 is 11.1 Å². The Morgan fingerprint density at radius 3 is 2.17 bits per heavy atom. The van der Waals surface area contributed by atoms with Gasteiger partial charge in [0.05, 0.1) is 11.4 Å². The molecule has 1 aromatic heterocycles. The number of nitrogens with one attached hydrogen (secondary N) is 2. The number of pyridine rings is 1. The largest absolute Gasteiger partial charge is 0.398 e. The van der Waals surface area contributed by atoms with Crippen LogP contribution in [0.5, 0.6) is 0 Å². The van der Waals surface area contributed by atoms with Gasteiger partial charge in [-0.1, -0.05) is 0 Å². The molecule has 29 heavy (non-hydrogen) atoms. The van der Waals surface area contributed by atoms with Gasteiger partial charge >= 0.3 is 0 Å². The van der Waals surface area contributed by atoms with Crippen molar-refractivity contribution in [2.75, 3.05) is 15.8 Å². The van der Waals surface area contributed by atoms with Gasteiger partial charge in [0.15, 0.2) is 17.5 Å². The fraction of sp³-hybridized carbons (Fsp3) is 0. The number of halogens is 3. The molecular weight excluding hydrogens is 409 g/mol. The van der Waals surface area contributed by atoms with Crippen LogP contribution in [0.3, 0.4) is 0 Å². The van der Waals surface area contributed by atoms with Crippen molar-refractivity contribution in [3.63, 3.8) is 0 Å². The van der Waals surface area contributed by atoms with E-state index in [1.807, 2.05) is 0 Å². The summed E-state index contributed by atoms with van der Waals surface area (Å²) in [4.78, 5) is 15.8. The average molecular weight is 422 g/mol. The minimum absolute atomic E-state index is 0.123. The van der Waals surface area contributed by atoms with Crippen LogP contribution in [0.1, 0.15) is 10.4 Å². The molecule has 1 heterocycles. The van der Waals surface area contributed by atoms with Gasteiger partial charge in [0.25, 0.3) is 15.9 Å². The maximum Gasteiger partial charge on any atom is 0.263 e. The zero-order chi connectivity index (χ0) is 21.2. The number of amides is 1. The molecular formula is C18H13F3N4O3S. The maximum atomic E-state index is 13.3. The number of anilines is 3. The zero-order valence-electron chi connectivity index (χ0n) is 14.5. The summed E-state index contributed by atoms with van der Waals surface area (Å²) in [6.07, 6.45) is 2.76. The molecule has 150 valence electrons. The van der Waals surface area contributed by atoms with E-state index >= 15 is 0 Å². The number of sulfonamides is 1. The summed E-state index contributed by atoms with van der Waals surface area (Å²) in [5, 5.41) is 2.17. The lowest BCUT2D eigenvalue weighted by atomic mass is 10.2. The molecule has 0 radical (unpaired) electrons. The maximum absolute atomic E-state index is 13.3. The zero-order valence-corrected chi connectivity index (χ0v) is 15.3. The lowest BCUT2D eigenvalue weighted by Gasteiger charge is -2.12. The van der Waals surface area contributed by atoms with E-state index in [1.165, 1.54) is 36.7 Å². The van der Waals surface area contributed by atoms with Crippen LogP contribution in [-0.4, -0.2) is 19.3 Å². The number of nitrogens with zero attached hydrogens (tertiary/aromatic N) is 1. The van der Waals surface area contributed by atoms with E-state index in [0.717, 1.165) is 6.07 Å². The lowest BCUT2D eigenvalue weighted by molar-refractivity contribution is 0.102. The van der Waals surface area contributed by atoms with E-state index < -0.39 is 33.4 Å². The van der Waals surface area contributed by atoms with Crippen molar-refractivity contribution in [1.29, 1.82) is 0 Å². The predicted molar refractivity (Wildman–Crippen MR) is 100 cm³/mol. The van der Waals surface area contributed by atoms with E-state index in [9.17, 15) is 26.4 Å². The second kappa shape index (κ2) is 7.80. The Labute approximate surface area is 163 Å². The summed E-state index contributed by atoms with van der Waals surface area (Å²) >= 11 is 0. The molecule has 0 aliphatic rings. The molecule has 3 aromatic rings. The molecule has 0 aliphatic heterocycles. The van der Waals surface area contributed by atoms with Gasteiger partial charge in [0.1, 0.15) is 4.90 Å². The summed E-state index contributed by atoms with van der Waals surface area (Å²) in [6, 6.07) is 7.45. The molecule has 4 N–H and O–H groups in total. The van der Waals surface area contributed by atoms with Crippen LogP contribution in [-0.2, 0) is 10.0 Å². The number of aromatic nitrogens is 1. The van der Waals surface area contributed by atoms with Crippen molar-refractivity contribution >= 4 is 33.0 Å². The Morgan fingerprint density at radius 2 is 1.55 bits per heavy atom. The van der Waals surface area contributed by atoms with Crippen LogP contribution < -0.4 is 15.8 Å². The molecule has 0 unspecified atom stereocenters. The van der Waals surface area contributed by atoms with Crippen molar-refractivity contribution in [1.82, 2.24) is 4.98 Å². The number of hydrogen-bond acceptors (Lipinski definition) is 5. The predicted octanol–water partition coefficient (Wildman–Crippen LogP) is 3.13. The molecule has 3 rings (SSSR count). The number of nitrogen functional groups attached to an aromatic ring is 1. The Kier molecular flexibility index (Phi) is 5.41. The van der Waals surface area contributed by atoms with Gasteiger partial charge in [0.2, 0.25) is 0 Å². The van der Waals surface area contributed by atoms with Crippen molar-refractivity contribution in [2.45, 2.75) is 4.90 Å². The third kappa shape index (κ3) is 4.46. The molecule has 1 amide bonds. The number of carbonyl (C=O) groups is 1. The summed E-state index contributed by atoms with van der Waals surface area (Å²) in [5.41, 5.74) is 5.34. The number of rotatable bonds is 5. The van der Waals surface area contributed by atoms with Gasteiger partial charge in [-0.3, -0.25) is 14.5 Å². The Hall–Kier alpha value is -3.60. The minimum Gasteiger partial charge on any atom is -0.398 e. The third-order valence-electron chi connectivity index (χ3n) is 3.74. The Bertz CT molecular complexity index is 1170. The van der Waals surface area contributed by atoms with Crippen molar-refractivity contribution < 1.29 is 26.4 Å². The quantitative estimate of drug-likeness (QED) is 0.432. The van der Waals surface area contributed by atoms with E-state index in [1.54, 1.807) is 0 Å². The number of benzene rings is 2. The first kappa shape index (κ1) is 20.1. The fourth-order valence-corrected chi connectivity index (χ4v) is 3.59.